The Labute approximate surface area is 343 Å². The molecule has 0 bridgehead atoms. The normalized spacial score (nSPS) is 13.5. The molecule has 4 aromatic carbocycles. The van der Waals surface area contributed by atoms with E-state index in [2.05, 4.69) is 20.7 Å². The van der Waals surface area contributed by atoms with E-state index in [1.165, 1.54) is 19.1 Å². The molecular formula is C44H50N4O11. The minimum absolute atomic E-state index is 0.118. The molecule has 15 heteroatoms. The number of rotatable bonds is 16. The van der Waals surface area contributed by atoms with Crippen molar-refractivity contribution in [2.24, 2.45) is 0 Å². The molecule has 4 N–H and O–H groups in total. The zero-order valence-electron chi connectivity index (χ0n) is 33.1. The number of benzene rings is 4. The summed E-state index contributed by atoms with van der Waals surface area (Å²) in [6.45, 7) is 1.26. The van der Waals surface area contributed by atoms with Gasteiger partial charge in [-0.3, -0.25) is 14.4 Å². The quantitative estimate of drug-likeness (QED) is 0.0862. The molecule has 2 aliphatic carbocycles. The predicted octanol–water partition coefficient (Wildman–Crippen LogP) is 5.13. The standard InChI is InChI=1S/C22H24N2O5.C12H13NO4.C10H13NO2/c1-28-19(25)15-24(14-17-8-4-2-5-9-17)20(26)22(12-13-22)23-21(27)29-16-18-10-6-3-7-11-18;14-10(15)12(6-7-12)13-11(16)17-8-9-4-2-1-3-5-9;1-13-10(12)8-11-7-9-5-3-2-4-6-9/h2-11H,12-16H2,1H3,(H,23,27);1-5H,6-8H2,(H,13,16)(H,14,15);2-6,11H,7-8H2,1H3. The lowest BCUT2D eigenvalue weighted by molar-refractivity contribution is -0.148. The molecule has 0 aromatic heterocycles. The van der Waals surface area contributed by atoms with E-state index >= 15 is 0 Å². The van der Waals surface area contributed by atoms with Crippen LogP contribution in [0.3, 0.4) is 0 Å². The predicted molar refractivity (Wildman–Crippen MR) is 215 cm³/mol. The zero-order chi connectivity index (χ0) is 42.5. The van der Waals surface area contributed by atoms with Gasteiger partial charge in [-0.05, 0) is 47.9 Å². The van der Waals surface area contributed by atoms with E-state index < -0.39 is 35.2 Å². The van der Waals surface area contributed by atoms with Crippen molar-refractivity contribution in [2.75, 3.05) is 27.3 Å². The molecule has 2 aliphatic rings. The smallest absolute Gasteiger partial charge is 0.408 e. The Bertz CT molecular complexity index is 1960. The summed E-state index contributed by atoms with van der Waals surface area (Å²) in [6.07, 6.45) is 0.578. The van der Waals surface area contributed by atoms with Crippen LogP contribution >= 0.6 is 0 Å². The second-order valence-electron chi connectivity index (χ2n) is 13.7. The van der Waals surface area contributed by atoms with Crippen molar-refractivity contribution < 1.29 is 52.8 Å². The summed E-state index contributed by atoms with van der Waals surface area (Å²) in [7, 11) is 2.66. The average Bonchev–Trinajstić information content (AvgIpc) is 4.21. The Hall–Kier alpha value is -6.74. The van der Waals surface area contributed by atoms with E-state index in [1.54, 1.807) is 0 Å². The van der Waals surface area contributed by atoms with Crippen molar-refractivity contribution >= 4 is 36.0 Å². The molecule has 6 rings (SSSR count). The third kappa shape index (κ3) is 15.6. The molecule has 3 amide bonds. The van der Waals surface area contributed by atoms with Crippen molar-refractivity contribution in [3.05, 3.63) is 144 Å². The van der Waals surface area contributed by atoms with Gasteiger partial charge in [0.1, 0.15) is 30.8 Å². The lowest BCUT2D eigenvalue weighted by Gasteiger charge is -2.27. The molecule has 0 unspecified atom stereocenters. The Balaban J connectivity index is 0.000000216. The van der Waals surface area contributed by atoms with Crippen LogP contribution in [0.1, 0.15) is 47.9 Å². The largest absolute Gasteiger partial charge is 0.480 e. The number of ether oxygens (including phenoxy) is 4. The molecule has 0 radical (unpaired) electrons. The minimum atomic E-state index is -1.09. The van der Waals surface area contributed by atoms with E-state index in [9.17, 15) is 28.8 Å². The number of nitrogens with one attached hydrogen (secondary N) is 3. The molecule has 0 heterocycles. The van der Waals surface area contributed by atoms with Gasteiger partial charge < -0.3 is 44.9 Å². The highest BCUT2D eigenvalue weighted by Crippen LogP contribution is 2.38. The molecule has 59 heavy (non-hydrogen) atoms. The highest BCUT2D eigenvalue weighted by Gasteiger charge is 2.54. The topological polar surface area (TPSA) is 199 Å². The van der Waals surface area contributed by atoms with Crippen molar-refractivity contribution in [2.45, 2.75) is 63.1 Å². The number of esters is 2. The van der Waals surface area contributed by atoms with Crippen molar-refractivity contribution in [1.29, 1.82) is 0 Å². The van der Waals surface area contributed by atoms with Crippen LogP contribution in [0.25, 0.3) is 0 Å². The van der Waals surface area contributed by atoms with Gasteiger partial charge in [-0.15, -0.1) is 0 Å². The van der Waals surface area contributed by atoms with Crippen molar-refractivity contribution in [1.82, 2.24) is 20.9 Å². The summed E-state index contributed by atoms with van der Waals surface area (Å²) in [5.74, 6) is -2.08. The van der Waals surface area contributed by atoms with Gasteiger partial charge in [0.05, 0.1) is 20.8 Å². The highest BCUT2D eigenvalue weighted by molar-refractivity contribution is 5.94. The van der Waals surface area contributed by atoms with Crippen LogP contribution in [-0.4, -0.2) is 84.4 Å². The summed E-state index contributed by atoms with van der Waals surface area (Å²) in [6, 6.07) is 37.8. The number of hydrogen-bond acceptors (Lipinski definition) is 11. The summed E-state index contributed by atoms with van der Waals surface area (Å²) in [4.78, 5) is 71.5. The molecule has 0 aliphatic heterocycles. The summed E-state index contributed by atoms with van der Waals surface area (Å²) in [5.41, 5.74) is 1.64. The van der Waals surface area contributed by atoms with Gasteiger partial charge in [-0.1, -0.05) is 121 Å². The van der Waals surface area contributed by atoms with Crippen LogP contribution < -0.4 is 16.0 Å². The maximum Gasteiger partial charge on any atom is 0.408 e. The fraction of sp³-hybridized carbons (Fsp3) is 0.318. The number of carboxylic acid groups (broad SMARTS) is 1. The third-order valence-electron chi connectivity index (χ3n) is 9.15. The first-order valence-electron chi connectivity index (χ1n) is 18.9. The van der Waals surface area contributed by atoms with E-state index in [0.29, 0.717) is 32.2 Å². The Kier molecular flexibility index (Phi) is 17.4. The molecule has 0 atom stereocenters. The van der Waals surface area contributed by atoms with Crippen LogP contribution in [0, 0.1) is 0 Å². The number of carboxylic acids is 1. The number of amides is 3. The number of hydrogen-bond donors (Lipinski definition) is 4. The van der Waals surface area contributed by atoms with E-state index in [1.807, 2.05) is 121 Å². The molecule has 2 fully saturated rings. The monoisotopic (exact) mass is 810 g/mol. The van der Waals surface area contributed by atoms with Crippen LogP contribution in [0.4, 0.5) is 9.59 Å². The molecule has 15 nitrogen and oxygen atoms in total. The van der Waals surface area contributed by atoms with Gasteiger partial charge in [-0.2, -0.15) is 0 Å². The fourth-order valence-electron chi connectivity index (χ4n) is 5.45. The molecular weight excluding hydrogens is 761 g/mol. The number of carbonyl (C=O) groups is 6. The Morgan fingerprint density at radius 2 is 0.983 bits per heavy atom. The molecule has 4 aromatic rings. The summed E-state index contributed by atoms with van der Waals surface area (Å²) < 4.78 is 19.4. The van der Waals surface area contributed by atoms with Gasteiger partial charge in [-0.25, -0.2) is 14.4 Å². The SMILES string of the molecule is COC(=O)CN(Cc1ccccc1)C(=O)C1(NC(=O)OCc2ccccc2)CC1.COC(=O)CNCc1ccccc1.O=C(NC1(C(=O)O)CC1)OCc1ccccc1. The van der Waals surface area contributed by atoms with Crippen LogP contribution in [0.15, 0.2) is 121 Å². The average molecular weight is 811 g/mol. The van der Waals surface area contributed by atoms with Crippen LogP contribution in [-0.2, 0) is 64.4 Å². The lowest BCUT2D eigenvalue weighted by Crippen LogP contribution is -2.51. The van der Waals surface area contributed by atoms with E-state index in [0.717, 1.165) is 22.3 Å². The van der Waals surface area contributed by atoms with Gasteiger partial charge in [0, 0.05) is 13.1 Å². The highest BCUT2D eigenvalue weighted by atomic mass is 16.6. The third-order valence-corrected chi connectivity index (χ3v) is 9.15. The van der Waals surface area contributed by atoms with E-state index in [4.69, 9.17) is 19.3 Å². The van der Waals surface area contributed by atoms with Gasteiger partial charge >= 0.3 is 30.1 Å². The molecule has 312 valence electrons. The summed E-state index contributed by atoms with van der Waals surface area (Å²) >= 11 is 0. The Morgan fingerprint density at radius 3 is 1.39 bits per heavy atom. The minimum Gasteiger partial charge on any atom is -0.480 e. The molecule has 2 saturated carbocycles. The second-order valence-corrected chi connectivity index (χ2v) is 13.7. The molecule has 0 saturated heterocycles. The first-order chi connectivity index (χ1) is 28.5. The number of carbonyl (C=O) groups excluding carboxylic acids is 5. The first kappa shape index (κ1) is 45.0. The van der Waals surface area contributed by atoms with Gasteiger partial charge in [0.2, 0.25) is 5.91 Å². The number of alkyl carbamates (subject to hydrolysis) is 2. The van der Waals surface area contributed by atoms with Crippen molar-refractivity contribution in [3.8, 4) is 0 Å². The van der Waals surface area contributed by atoms with Crippen LogP contribution in [0.2, 0.25) is 0 Å². The zero-order valence-corrected chi connectivity index (χ0v) is 33.1. The van der Waals surface area contributed by atoms with E-state index in [-0.39, 0.29) is 44.7 Å². The fourth-order valence-corrected chi connectivity index (χ4v) is 5.45. The maximum atomic E-state index is 13.1. The van der Waals surface area contributed by atoms with Crippen molar-refractivity contribution in [3.63, 3.8) is 0 Å². The number of nitrogens with zero attached hydrogens (tertiary/aromatic N) is 1. The molecule has 0 spiro atoms. The number of aliphatic carboxylic acids is 1. The first-order valence-corrected chi connectivity index (χ1v) is 18.9. The van der Waals surface area contributed by atoms with Gasteiger partial charge in [0.25, 0.3) is 0 Å². The van der Waals surface area contributed by atoms with Crippen LogP contribution in [0.5, 0.6) is 0 Å². The Morgan fingerprint density at radius 1 is 0.576 bits per heavy atom. The number of methoxy groups -OCH3 is 2. The lowest BCUT2D eigenvalue weighted by atomic mass is 10.1. The van der Waals surface area contributed by atoms with Gasteiger partial charge in [0.15, 0.2) is 0 Å². The maximum absolute atomic E-state index is 13.1. The second kappa shape index (κ2) is 22.9. The summed E-state index contributed by atoms with van der Waals surface area (Å²) in [5, 5.41) is 16.9.